The second-order valence-corrected chi connectivity index (χ2v) is 5.59. The van der Waals surface area contributed by atoms with Crippen LogP contribution in [0.4, 0.5) is 0 Å². The maximum absolute atomic E-state index is 4.36. The Labute approximate surface area is 105 Å². The van der Waals surface area contributed by atoms with Crippen LogP contribution in [0.5, 0.6) is 0 Å². The molecule has 0 saturated heterocycles. The van der Waals surface area contributed by atoms with Crippen LogP contribution in [0.15, 0.2) is 30.6 Å². The van der Waals surface area contributed by atoms with Gasteiger partial charge in [-0.15, -0.1) is 11.3 Å². The van der Waals surface area contributed by atoms with E-state index in [2.05, 4.69) is 48.4 Å². The summed E-state index contributed by atoms with van der Waals surface area (Å²) < 4.78 is 2.18. The van der Waals surface area contributed by atoms with E-state index in [4.69, 9.17) is 0 Å². The van der Waals surface area contributed by atoms with E-state index < -0.39 is 0 Å². The van der Waals surface area contributed by atoms with E-state index in [1.807, 2.05) is 12.4 Å². The molecule has 2 heterocycles. The lowest BCUT2D eigenvalue weighted by Crippen LogP contribution is -1.90. The van der Waals surface area contributed by atoms with Gasteiger partial charge in [-0.25, -0.2) is 4.98 Å². The monoisotopic (exact) mass is 242 g/mol. The summed E-state index contributed by atoms with van der Waals surface area (Å²) in [5.74, 6) is 0. The van der Waals surface area contributed by atoms with E-state index in [0.29, 0.717) is 0 Å². The molecule has 0 atom stereocenters. The van der Waals surface area contributed by atoms with Gasteiger partial charge in [-0.05, 0) is 32.4 Å². The molecule has 0 unspecified atom stereocenters. The third-order valence-electron chi connectivity index (χ3n) is 3.07. The molecule has 17 heavy (non-hydrogen) atoms. The number of benzene rings is 1. The van der Waals surface area contributed by atoms with Gasteiger partial charge < -0.3 is 0 Å². The van der Waals surface area contributed by atoms with Crippen LogP contribution >= 0.6 is 11.3 Å². The second-order valence-electron chi connectivity index (χ2n) is 4.41. The molecule has 0 spiro atoms. The summed E-state index contributed by atoms with van der Waals surface area (Å²) in [6.07, 6.45) is 3.90. The zero-order valence-electron chi connectivity index (χ0n) is 10.2. The van der Waals surface area contributed by atoms with Crippen molar-refractivity contribution in [3.05, 3.63) is 46.6 Å². The van der Waals surface area contributed by atoms with Gasteiger partial charge in [-0.3, -0.25) is 4.40 Å². The number of aromatic nitrogens is 2. The van der Waals surface area contributed by atoms with E-state index in [9.17, 15) is 0 Å². The van der Waals surface area contributed by atoms with Gasteiger partial charge in [0, 0.05) is 22.8 Å². The minimum absolute atomic E-state index is 1.07. The summed E-state index contributed by atoms with van der Waals surface area (Å²) in [5, 5.41) is 0. The average molecular weight is 242 g/mol. The minimum Gasteiger partial charge on any atom is -0.290 e. The lowest BCUT2D eigenvalue weighted by atomic mass is 10.0. The first-order valence-electron chi connectivity index (χ1n) is 5.67. The molecule has 0 aliphatic carbocycles. The van der Waals surface area contributed by atoms with Crippen molar-refractivity contribution in [2.75, 3.05) is 0 Å². The summed E-state index contributed by atoms with van der Waals surface area (Å²) in [7, 11) is 0. The van der Waals surface area contributed by atoms with Gasteiger partial charge in [0.1, 0.15) is 0 Å². The minimum atomic E-state index is 1.07. The third-order valence-corrected chi connectivity index (χ3v) is 4.06. The molecule has 0 aliphatic rings. The molecular formula is C14H14N2S. The van der Waals surface area contributed by atoms with Crippen molar-refractivity contribution in [3.63, 3.8) is 0 Å². The average Bonchev–Trinajstić information content (AvgIpc) is 2.82. The molecule has 0 amide bonds. The molecule has 3 heteroatoms. The first-order valence-corrected chi connectivity index (χ1v) is 6.48. The zero-order valence-corrected chi connectivity index (χ0v) is 11.0. The molecule has 0 aliphatic heterocycles. The van der Waals surface area contributed by atoms with Gasteiger partial charge in [0.2, 0.25) is 0 Å². The predicted octanol–water partition coefficient (Wildman–Crippen LogP) is 3.99. The molecule has 2 nitrogen and oxygen atoms in total. The fraction of sp³-hybridized carbons (Fsp3) is 0.214. The van der Waals surface area contributed by atoms with Crippen LogP contribution in [0, 0.1) is 20.8 Å². The summed E-state index contributed by atoms with van der Waals surface area (Å²) in [5.41, 5.74) is 5.20. The molecule has 0 bridgehead atoms. The molecule has 2 aromatic heterocycles. The van der Waals surface area contributed by atoms with Gasteiger partial charge in [-0.1, -0.05) is 17.7 Å². The van der Waals surface area contributed by atoms with Crippen LogP contribution in [0.3, 0.4) is 0 Å². The number of hydrogen-bond acceptors (Lipinski definition) is 2. The Morgan fingerprint density at radius 1 is 1.18 bits per heavy atom. The highest BCUT2D eigenvalue weighted by atomic mass is 32.1. The molecule has 3 rings (SSSR count). The van der Waals surface area contributed by atoms with Gasteiger partial charge in [0.25, 0.3) is 0 Å². The number of hydrogen-bond donors (Lipinski definition) is 0. The molecule has 86 valence electrons. The summed E-state index contributed by atoms with van der Waals surface area (Å²) in [6, 6.07) is 6.60. The number of aryl methyl sites for hydroxylation is 3. The SMILES string of the molecule is Cc1ccc(C)c(-c2c(C)sc3nccn23)c1. The van der Waals surface area contributed by atoms with Crippen molar-refractivity contribution in [2.45, 2.75) is 20.8 Å². The first kappa shape index (κ1) is 10.5. The molecule has 0 saturated carbocycles. The van der Waals surface area contributed by atoms with Crippen molar-refractivity contribution in [1.82, 2.24) is 9.38 Å². The molecular weight excluding hydrogens is 228 g/mol. The molecule has 0 fully saturated rings. The zero-order chi connectivity index (χ0) is 12.0. The second kappa shape index (κ2) is 3.70. The fourth-order valence-corrected chi connectivity index (χ4v) is 3.14. The standard InChI is InChI=1S/C14H14N2S/c1-9-4-5-10(2)12(8-9)13-11(3)17-14-15-6-7-16(13)14/h4-8H,1-3H3. The van der Waals surface area contributed by atoms with Crippen LogP contribution < -0.4 is 0 Å². The van der Waals surface area contributed by atoms with Crippen molar-refractivity contribution in [2.24, 2.45) is 0 Å². The van der Waals surface area contributed by atoms with E-state index in [1.54, 1.807) is 11.3 Å². The van der Waals surface area contributed by atoms with Crippen molar-refractivity contribution in [3.8, 4) is 11.3 Å². The van der Waals surface area contributed by atoms with Crippen LogP contribution in [0.2, 0.25) is 0 Å². The van der Waals surface area contributed by atoms with Crippen molar-refractivity contribution < 1.29 is 0 Å². The first-order chi connectivity index (χ1) is 8.16. The van der Waals surface area contributed by atoms with Gasteiger partial charge >= 0.3 is 0 Å². The lowest BCUT2D eigenvalue weighted by Gasteiger charge is -2.07. The Bertz CT molecular complexity index is 691. The number of nitrogens with zero attached hydrogens (tertiary/aromatic N) is 2. The van der Waals surface area contributed by atoms with Crippen LogP contribution in [0.1, 0.15) is 16.0 Å². The third kappa shape index (κ3) is 1.58. The highest BCUT2D eigenvalue weighted by Crippen LogP contribution is 2.32. The van der Waals surface area contributed by atoms with Crippen LogP contribution in [-0.2, 0) is 0 Å². The quantitative estimate of drug-likeness (QED) is 0.630. The Kier molecular flexibility index (Phi) is 2.30. The molecule has 0 N–H and O–H groups in total. The van der Waals surface area contributed by atoms with Crippen LogP contribution in [-0.4, -0.2) is 9.38 Å². The van der Waals surface area contributed by atoms with Gasteiger partial charge in [0.15, 0.2) is 4.96 Å². The number of rotatable bonds is 1. The number of fused-ring (bicyclic) bond motifs is 1. The van der Waals surface area contributed by atoms with Gasteiger partial charge in [-0.2, -0.15) is 0 Å². The molecule has 0 radical (unpaired) electrons. The van der Waals surface area contributed by atoms with E-state index in [0.717, 1.165) is 4.96 Å². The normalized spacial score (nSPS) is 11.2. The Morgan fingerprint density at radius 3 is 2.82 bits per heavy atom. The summed E-state index contributed by atoms with van der Waals surface area (Å²) in [6.45, 7) is 6.46. The van der Waals surface area contributed by atoms with Crippen LogP contribution in [0.25, 0.3) is 16.2 Å². The highest BCUT2D eigenvalue weighted by Gasteiger charge is 2.13. The summed E-state index contributed by atoms with van der Waals surface area (Å²) >= 11 is 1.75. The maximum atomic E-state index is 4.36. The van der Waals surface area contributed by atoms with E-state index in [1.165, 1.54) is 27.3 Å². The summed E-state index contributed by atoms with van der Waals surface area (Å²) in [4.78, 5) is 6.75. The van der Waals surface area contributed by atoms with Crippen molar-refractivity contribution in [1.29, 1.82) is 0 Å². The predicted molar refractivity (Wildman–Crippen MR) is 72.7 cm³/mol. The topological polar surface area (TPSA) is 17.3 Å². The van der Waals surface area contributed by atoms with E-state index >= 15 is 0 Å². The Balaban J connectivity index is 2.36. The highest BCUT2D eigenvalue weighted by molar-refractivity contribution is 7.17. The lowest BCUT2D eigenvalue weighted by molar-refractivity contribution is 1.21. The number of thiazole rings is 1. The molecule has 1 aromatic carbocycles. The van der Waals surface area contributed by atoms with Crippen molar-refractivity contribution >= 4 is 16.3 Å². The van der Waals surface area contributed by atoms with Gasteiger partial charge in [0.05, 0.1) is 5.69 Å². The number of imidazole rings is 1. The fourth-order valence-electron chi connectivity index (χ4n) is 2.20. The Hall–Kier alpha value is -1.61. The maximum Gasteiger partial charge on any atom is 0.194 e. The molecule has 3 aromatic rings. The largest absolute Gasteiger partial charge is 0.290 e. The Morgan fingerprint density at radius 2 is 2.00 bits per heavy atom. The smallest absolute Gasteiger partial charge is 0.194 e. The van der Waals surface area contributed by atoms with E-state index in [-0.39, 0.29) is 0 Å².